The molecule has 0 saturated carbocycles. The summed E-state index contributed by atoms with van der Waals surface area (Å²) in [4.78, 5) is 17.1. The number of rotatable bonds is 2. The van der Waals surface area contributed by atoms with Crippen molar-refractivity contribution in [2.75, 3.05) is 37.7 Å². The van der Waals surface area contributed by atoms with Crippen molar-refractivity contribution in [3.63, 3.8) is 0 Å². The summed E-state index contributed by atoms with van der Waals surface area (Å²) in [6, 6.07) is 9.21. The molecule has 2 aliphatic heterocycles. The van der Waals surface area contributed by atoms with Crippen molar-refractivity contribution in [3.8, 4) is 0 Å². The largest absolute Gasteiger partial charge is 0.341 e. The van der Waals surface area contributed by atoms with Crippen LogP contribution < -0.4 is 0 Å². The number of fused-ring (bicyclic) bond motifs is 1. The Balaban J connectivity index is 1.36. The van der Waals surface area contributed by atoms with Crippen molar-refractivity contribution in [3.05, 3.63) is 35.4 Å². The Morgan fingerprint density at radius 2 is 1.72 bits per heavy atom. The number of carbonyl (C=O) groups excluding carboxylic acids is 1. The highest BCUT2D eigenvalue weighted by Crippen LogP contribution is 2.27. The first-order valence-corrected chi connectivity index (χ1v) is 11.1. The molecule has 0 N–H and O–H groups in total. The van der Waals surface area contributed by atoms with Gasteiger partial charge >= 0.3 is 0 Å². The number of sulfone groups is 1. The quantitative estimate of drug-likeness (QED) is 0.791. The molecule has 3 aliphatic rings. The zero-order chi connectivity index (χ0) is 17.4. The first-order valence-electron chi connectivity index (χ1n) is 9.32. The van der Waals surface area contributed by atoms with Crippen LogP contribution >= 0.6 is 0 Å². The Morgan fingerprint density at radius 1 is 1.00 bits per heavy atom. The Labute approximate surface area is 149 Å². The van der Waals surface area contributed by atoms with Crippen molar-refractivity contribution >= 4 is 15.7 Å². The summed E-state index contributed by atoms with van der Waals surface area (Å²) in [6.07, 6.45) is 3.67. The lowest BCUT2D eigenvalue weighted by Crippen LogP contribution is -2.41. The van der Waals surface area contributed by atoms with Crippen molar-refractivity contribution in [1.82, 2.24) is 9.80 Å². The molecule has 1 atom stereocenters. The molecule has 4 rings (SSSR count). The molecule has 0 aromatic heterocycles. The number of carbonyl (C=O) groups is 1. The number of hydrogen-bond donors (Lipinski definition) is 0. The fraction of sp³-hybridized carbons (Fsp3) is 0.632. The molecule has 2 saturated heterocycles. The van der Waals surface area contributed by atoms with Crippen molar-refractivity contribution in [2.24, 2.45) is 5.92 Å². The molecule has 2 heterocycles. The van der Waals surface area contributed by atoms with Gasteiger partial charge in [0, 0.05) is 32.2 Å². The minimum Gasteiger partial charge on any atom is -0.341 e. The van der Waals surface area contributed by atoms with Crippen LogP contribution in [-0.4, -0.2) is 67.9 Å². The predicted octanol–water partition coefficient (Wildman–Crippen LogP) is 1.12. The monoisotopic (exact) mass is 362 g/mol. The van der Waals surface area contributed by atoms with Crippen LogP contribution in [0.25, 0.3) is 0 Å². The first-order chi connectivity index (χ1) is 12.0. The van der Waals surface area contributed by atoms with Gasteiger partial charge in [-0.05, 0) is 36.8 Å². The summed E-state index contributed by atoms with van der Waals surface area (Å²) in [5, 5.41) is 0. The van der Waals surface area contributed by atoms with Gasteiger partial charge in [0.05, 0.1) is 17.4 Å². The van der Waals surface area contributed by atoms with Gasteiger partial charge in [-0.1, -0.05) is 24.3 Å². The van der Waals surface area contributed by atoms with E-state index in [0.717, 1.165) is 45.4 Å². The molecule has 0 bridgehead atoms. The lowest BCUT2D eigenvalue weighted by Gasteiger charge is -2.28. The maximum Gasteiger partial charge on any atom is 0.226 e. The second-order valence-corrected chi connectivity index (χ2v) is 9.87. The normalized spacial score (nSPS) is 27.2. The highest BCUT2D eigenvalue weighted by Gasteiger charge is 2.36. The lowest BCUT2D eigenvalue weighted by molar-refractivity contribution is -0.134. The van der Waals surface area contributed by atoms with Crippen LogP contribution in [0.1, 0.15) is 24.0 Å². The SMILES string of the molecule is O=C([C@H]1CCS(=O)(=O)C1)N1CCCN(C2Cc3ccccc3C2)CC1. The van der Waals surface area contributed by atoms with Gasteiger partial charge < -0.3 is 4.90 Å². The number of benzene rings is 1. The van der Waals surface area contributed by atoms with Crippen LogP contribution in [-0.2, 0) is 27.5 Å². The standard InChI is InChI=1S/C19H26N2O3S/c22-19(17-6-11-25(23,24)14-17)21-8-3-7-20(9-10-21)18-12-15-4-1-2-5-16(15)13-18/h1-2,4-5,17-18H,3,6-14H2/t17-/m0/s1. The van der Waals surface area contributed by atoms with Crippen LogP contribution in [0.5, 0.6) is 0 Å². The van der Waals surface area contributed by atoms with Gasteiger partial charge in [-0.25, -0.2) is 8.42 Å². The summed E-state index contributed by atoms with van der Waals surface area (Å²) in [5.41, 5.74) is 2.92. The maximum atomic E-state index is 12.7. The molecule has 0 radical (unpaired) electrons. The number of nitrogens with zero attached hydrogens (tertiary/aromatic N) is 2. The first kappa shape index (κ1) is 17.0. The molecule has 0 spiro atoms. The van der Waals surface area contributed by atoms with E-state index in [0.29, 0.717) is 12.5 Å². The summed E-state index contributed by atoms with van der Waals surface area (Å²) in [5.74, 6) is -0.0434. The van der Waals surface area contributed by atoms with E-state index in [2.05, 4.69) is 29.2 Å². The van der Waals surface area contributed by atoms with E-state index in [9.17, 15) is 13.2 Å². The highest BCUT2D eigenvalue weighted by molar-refractivity contribution is 7.91. The maximum absolute atomic E-state index is 12.7. The van der Waals surface area contributed by atoms with Gasteiger partial charge in [-0.15, -0.1) is 0 Å². The van der Waals surface area contributed by atoms with Crippen molar-refractivity contribution in [2.45, 2.75) is 31.7 Å². The molecule has 0 unspecified atom stereocenters. The van der Waals surface area contributed by atoms with Gasteiger partial charge in [0.15, 0.2) is 9.84 Å². The number of hydrogen-bond acceptors (Lipinski definition) is 4. The van der Waals surface area contributed by atoms with Crippen LogP contribution in [0.2, 0.25) is 0 Å². The molecule has 1 aromatic rings. The molecule has 25 heavy (non-hydrogen) atoms. The average Bonchev–Trinajstić information content (AvgIpc) is 3.09. The van der Waals surface area contributed by atoms with Gasteiger partial charge in [0.2, 0.25) is 5.91 Å². The molecular weight excluding hydrogens is 336 g/mol. The smallest absolute Gasteiger partial charge is 0.226 e. The molecule has 2 fully saturated rings. The van der Waals surface area contributed by atoms with Gasteiger partial charge in [-0.2, -0.15) is 0 Å². The Morgan fingerprint density at radius 3 is 2.36 bits per heavy atom. The van der Waals surface area contributed by atoms with Gasteiger partial charge in [-0.3, -0.25) is 9.69 Å². The van der Waals surface area contributed by atoms with Crippen molar-refractivity contribution in [1.29, 1.82) is 0 Å². The Kier molecular flexibility index (Phi) is 4.58. The van der Waals surface area contributed by atoms with Crippen molar-refractivity contribution < 1.29 is 13.2 Å². The van der Waals surface area contributed by atoms with E-state index in [1.807, 2.05) is 4.90 Å². The van der Waals surface area contributed by atoms with E-state index in [1.54, 1.807) is 0 Å². The molecule has 136 valence electrons. The topological polar surface area (TPSA) is 57.7 Å². The lowest BCUT2D eigenvalue weighted by atomic mass is 10.1. The highest BCUT2D eigenvalue weighted by atomic mass is 32.2. The fourth-order valence-corrected chi connectivity index (χ4v) is 6.30. The second kappa shape index (κ2) is 6.72. The molecule has 1 amide bonds. The molecule has 6 heteroatoms. The summed E-state index contributed by atoms with van der Waals surface area (Å²) in [6.45, 7) is 3.39. The average molecular weight is 362 g/mol. The molecule has 1 aliphatic carbocycles. The third kappa shape index (κ3) is 3.60. The molecular formula is C19H26N2O3S. The van der Waals surface area contributed by atoms with E-state index in [4.69, 9.17) is 0 Å². The Hall–Kier alpha value is -1.40. The minimum atomic E-state index is -3.00. The minimum absolute atomic E-state index is 0.0456. The Bertz CT molecular complexity index is 737. The zero-order valence-corrected chi connectivity index (χ0v) is 15.4. The zero-order valence-electron chi connectivity index (χ0n) is 14.6. The van der Waals surface area contributed by atoms with E-state index >= 15 is 0 Å². The van der Waals surface area contributed by atoms with E-state index in [1.165, 1.54) is 11.1 Å². The van der Waals surface area contributed by atoms with Gasteiger partial charge in [0.25, 0.3) is 0 Å². The van der Waals surface area contributed by atoms with E-state index in [-0.39, 0.29) is 23.3 Å². The molecule has 5 nitrogen and oxygen atoms in total. The van der Waals surface area contributed by atoms with Crippen LogP contribution in [0.4, 0.5) is 0 Å². The van der Waals surface area contributed by atoms with Crippen LogP contribution in [0.15, 0.2) is 24.3 Å². The second-order valence-electron chi connectivity index (χ2n) is 7.65. The summed E-state index contributed by atoms with van der Waals surface area (Å²) in [7, 11) is -3.00. The summed E-state index contributed by atoms with van der Waals surface area (Å²) >= 11 is 0. The third-order valence-electron chi connectivity index (χ3n) is 5.97. The van der Waals surface area contributed by atoms with Crippen LogP contribution in [0, 0.1) is 5.92 Å². The van der Waals surface area contributed by atoms with Crippen LogP contribution in [0.3, 0.4) is 0 Å². The third-order valence-corrected chi connectivity index (χ3v) is 7.74. The molecule has 1 aromatic carbocycles. The summed E-state index contributed by atoms with van der Waals surface area (Å²) < 4.78 is 23.3. The predicted molar refractivity (Wildman–Crippen MR) is 97.2 cm³/mol. The van der Waals surface area contributed by atoms with E-state index < -0.39 is 9.84 Å². The number of amides is 1. The van der Waals surface area contributed by atoms with Gasteiger partial charge in [0.1, 0.15) is 0 Å². The fourth-order valence-electron chi connectivity index (χ4n) is 4.56.